The van der Waals surface area contributed by atoms with Crippen molar-refractivity contribution < 1.29 is 4.79 Å². The molecule has 0 fully saturated rings. The van der Waals surface area contributed by atoms with E-state index in [4.69, 9.17) is 0 Å². The van der Waals surface area contributed by atoms with Gasteiger partial charge in [-0.1, -0.05) is 0 Å². The summed E-state index contributed by atoms with van der Waals surface area (Å²) in [6, 6.07) is 13.2. The third-order valence-corrected chi connectivity index (χ3v) is 6.08. The number of nitrogens with zero attached hydrogens (tertiary/aromatic N) is 2. The van der Waals surface area contributed by atoms with Crippen molar-refractivity contribution in [1.82, 2.24) is 4.57 Å². The van der Waals surface area contributed by atoms with Crippen LogP contribution in [0.3, 0.4) is 0 Å². The minimum absolute atomic E-state index is 0.0208. The van der Waals surface area contributed by atoms with Crippen LogP contribution >= 0.6 is 27.3 Å². The van der Waals surface area contributed by atoms with Crippen LogP contribution in [-0.2, 0) is 24.3 Å². The first-order valence-electron chi connectivity index (χ1n) is 8.64. The van der Waals surface area contributed by atoms with E-state index in [-0.39, 0.29) is 18.0 Å². The largest absolute Gasteiger partial charge is 0.367 e. The Kier molecular flexibility index (Phi) is 5.13. The number of amides is 1. The molecule has 3 heterocycles. The number of pyridine rings is 1. The SMILES string of the molecule is O=C(Cn1cc(Br)ccc1=O)Nc1ccc(N2CCc3sccc3C2)cc1. The fourth-order valence-electron chi connectivity index (χ4n) is 3.21. The molecule has 1 amide bonds. The topological polar surface area (TPSA) is 54.3 Å². The molecule has 1 aliphatic heterocycles. The maximum absolute atomic E-state index is 12.2. The number of hydrogen-bond acceptors (Lipinski definition) is 4. The predicted molar refractivity (Wildman–Crippen MR) is 113 cm³/mol. The number of halogens is 1. The highest BCUT2D eigenvalue weighted by Gasteiger charge is 2.17. The van der Waals surface area contributed by atoms with Gasteiger partial charge in [-0.05, 0) is 69.7 Å². The number of hydrogen-bond donors (Lipinski definition) is 1. The zero-order chi connectivity index (χ0) is 18.8. The summed E-state index contributed by atoms with van der Waals surface area (Å²) in [7, 11) is 0. The number of carbonyl (C=O) groups is 1. The molecule has 0 saturated heterocycles. The molecule has 0 bridgehead atoms. The van der Waals surface area contributed by atoms with Gasteiger partial charge in [0.25, 0.3) is 5.56 Å². The molecule has 5 nitrogen and oxygen atoms in total. The Morgan fingerprint density at radius 1 is 1.15 bits per heavy atom. The third kappa shape index (κ3) is 4.14. The van der Waals surface area contributed by atoms with Crippen molar-refractivity contribution in [2.24, 2.45) is 0 Å². The number of nitrogens with one attached hydrogen (secondary N) is 1. The predicted octanol–water partition coefficient (Wildman–Crippen LogP) is 3.87. The molecule has 4 rings (SSSR count). The van der Waals surface area contributed by atoms with Gasteiger partial charge >= 0.3 is 0 Å². The molecule has 0 unspecified atom stereocenters. The number of anilines is 2. The lowest BCUT2D eigenvalue weighted by Gasteiger charge is -2.29. The molecule has 138 valence electrons. The lowest BCUT2D eigenvalue weighted by Crippen LogP contribution is -2.29. The molecule has 0 atom stereocenters. The molecule has 2 aromatic heterocycles. The highest BCUT2D eigenvalue weighted by atomic mass is 79.9. The Balaban J connectivity index is 1.40. The van der Waals surface area contributed by atoms with Crippen molar-refractivity contribution in [3.05, 3.63) is 79.3 Å². The molecule has 3 aromatic rings. The molecule has 0 aliphatic carbocycles. The average Bonchev–Trinajstić information content (AvgIpc) is 3.13. The van der Waals surface area contributed by atoms with E-state index in [2.05, 4.69) is 37.6 Å². The summed E-state index contributed by atoms with van der Waals surface area (Å²) in [4.78, 5) is 27.9. The number of carbonyl (C=O) groups excluding carboxylic acids is 1. The van der Waals surface area contributed by atoms with Gasteiger partial charge in [-0.2, -0.15) is 0 Å². The van der Waals surface area contributed by atoms with Gasteiger partial charge in [0.2, 0.25) is 5.91 Å². The van der Waals surface area contributed by atoms with Gasteiger partial charge in [0.1, 0.15) is 6.54 Å². The number of thiophene rings is 1. The fraction of sp³-hybridized carbons (Fsp3) is 0.200. The van der Waals surface area contributed by atoms with Crippen molar-refractivity contribution >= 4 is 44.5 Å². The van der Waals surface area contributed by atoms with Crippen LogP contribution in [0.15, 0.2) is 63.3 Å². The first kappa shape index (κ1) is 18.0. The van der Waals surface area contributed by atoms with Gasteiger partial charge in [0, 0.05) is 46.1 Å². The van der Waals surface area contributed by atoms with Gasteiger partial charge in [0.15, 0.2) is 0 Å². The maximum atomic E-state index is 12.2. The normalized spacial score (nSPS) is 13.3. The van der Waals surface area contributed by atoms with Crippen molar-refractivity contribution in [2.75, 3.05) is 16.8 Å². The zero-order valence-electron chi connectivity index (χ0n) is 14.5. The van der Waals surface area contributed by atoms with Crippen LogP contribution in [0.5, 0.6) is 0 Å². The molecular formula is C20H18BrN3O2S. The van der Waals surface area contributed by atoms with E-state index >= 15 is 0 Å². The second-order valence-electron chi connectivity index (χ2n) is 6.45. The van der Waals surface area contributed by atoms with E-state index in [0.29, 0.717) is 0 Å². The Labute approximate surface area is 169 Å². The average molecular weight is 444 g/mol. The molecule has 1 aromatic carbocycles. The first-order valence-corrected chi connectivity index (χ1v) is 10.3. The summed E-state index contributed by atoms with van der Waals surface area (Å²) in [6.07, 6.45) is 2.69. The van der Waals surface area contributed by atoms with Crippen molar-refractivity contribution in [3.8, 4) is 0 Å². The van der Waals surface area contributed by atoms with E-state index in [9.17, 15) is 9.59 Å². The molecular weight excluding hydrogens is 426 g/mol. The van der Waals surface area contributed by atoms with E-state index in [0.717, 1.165) is 35.4 Å². The summed E-state index contributed by atoms with van der Waals surface area (Å²) in [5, 5.41) is 5.00. The minimum atomic E-state index is -0.233. The van der Waals surface area contributed by atoms with Crippen LogP contribution in [0.2, 0.25) is 0 Å². The summed E-state index contributed by atoms with van der Waals surface area (Å²) in [6.45, 7) is 1.91. The maximum Gasteiger partial charge on any atom is 0.251 e. The Bertz CT molecular complexity index is 1030. The second-order valence-corrected chi connectivity index (χ2v) is 8.37. The van der Waals surface area contributed by atoms with Gasteiger partial charge in [-0.25, -0.2) is 0 Å². The minimum Gasteiger partial charge on any atom is -0.367 e. The quantitative estimate of drug-likeness (QED) is 0.665. The molecule has 0 spiro atoms. The zero-order valence-corrected chi connectivity index (χ0v) is 16.9. The van der Waals surface area contributed by atoms with E-state index in [1.807, 2.05) is 35.6 Å². The van der Waals surface area contributed by atoms with Crippen LogP contribution < -0.4 is 15.8 Å². The lowest BCUT2D eigenvalue weighted by atomic mass is 10.1. The summed E-state index contributed by atoms with van der Waals surface area (Å²) in [5.41, 5.74) is 3.07. The van der Waals surface area contributed by atoms with E-state index in [1.54, 1.807) is 12.3 Å². The highest BCUT2D eigenvalue weighted by Crippen LogP contribution is 2.28. The standard InChI is InChI=1S/C20H18BrN3O2S/c21-15-1-6-20(26)24(12-15)13-19(25)22-16-2-4-17(5-3-16)23-9-7-18-14(11-23)8-10-27-18/h1-6,8,10,12H,7,9,11,13H2,(H,22,25). The summed E-state index contributed by atoms with van der Waals surface area (Å²) >= 11 is 5.14. The van der Waals surface area contributed by atoms with Crippen molar-refractivity contribution in [3.63, 3.8) is 0 Å². The van der Waals surface area contributed by atoms with Crippen molar-refractivity contribution in [2.45, 2.75) is 19.5 Å². The molecule has 1 N–H and O–H groups in total. The van der Waals surface area contributed by atoms with Crippen LogP contribution in [0.1, 0.15) is 10.4 Å². The smallest absolute Gasteiger partial charge is 0.251 e. The number of fused-ring (bicyclic) bond motifs is 1. The number of aromatic nitrogens is 1. The third-order valence-electron chi connectivity index (χ3n) is 4.59. The van der Waals surface area contributed by atoms with E-state index < -0.39 is 0 Å². The Morgan fingerprint density at radius 3 is 2.78 bits per heavy atom. The van der Waals surface area contributed by atoms with Gasteiger partial charge in [-0.15, -0.1) is 11.3 Å². The summed E-state index contributed by atoms with van der Waals surface area (Å²) < 4.78 is 2.13. The first-order chi connectivity index (χ1) is 13.1. The van der Waals surface area contributed by atoms with E-state index in [1.165, 1.54) is 21.1 Å². The van der Waals surface area contributed by atoms with Gasteiger partial charge in [-0.3, -0.25) is 9.59 Å². The Hall–Kier alpha value is -2.38. The van der Waals surface area contributed by atoms with Crippen LogP contribution in [0, 0.1) is 0 Å². The molecule has 0 radical (unpaired) electrons. The Morgan fingerprint density at radius 2 is 1.96 bits per heavy atom. The number of benzene rings is 1. The molecule has 7 heteroatoms. The molecule has 27 heavy (non-hydrogen) atoms. The second kappa shape index (κ2) is 7.70. The highest BCUT2D eigenvalue weighted by molar-refractivity contribution is 9.10. The fourth-order valence-corrected chi connectivity index (χ4v) is 4.47. The molecule has 0 saturated carbocycles. The van der Waals surface area contributed by atoms with Crippen molar-refractivity contribution in [1.29, 1.82) is 0 Å². The van der Waals surface area contributed by atoms with Crippen LogP contribution in [0.25, 0.3) is 0 Å². The van der Waals surface area contributed by atoms with Gasteiger partial charge in [0.05, 0.1) is 0 Å². The van der Waals surface area contributed by atoms with Crippen LogP contribution in [0.4, 0.5) is 11.4 Å². The lowest BCUT2D eigenvalue weighted by molar-refractivity contribution is -0.116. The monoisotopic (exact) mass is 443 g/mol. The molecule has 1 aliphatic rings. The summed E-state index contributed by atoms with van der Waals surface area (Å²) in [5.74, 6) is -0.233. The van der Waals surface area contributed by atoms with Gasteiger partial charge < -0.3 is 14.8 Å². The van der Waals surface area contributed by atoms with Crippen LogP contribution in [-0.4, -0.2) is 17.0 Å². The number of rotatable bonds is 4.